The largest absolute Gasteiger partial charge is 0.519 e. The molecule has 0 bridgehead atoms. The first-order valence-electron chi connectivity index (χ1n) is 8.68. The molecule has 1 amide bonds. The van der Waals surface area contributed by atoms with Crippen molar-refractivity contribution in [1.82, 2.24) is 4.90 Å². The van der Waals surface area contributed by atoms with Crippen molar-refractivity contribution in [3.05, 3.63) is 32.7 Å². The zero-order chi connectivity index (χ0) is 19.3. The molecule has 4 atom stereocenters. The summed E-state index contributed by atoms with van der Waals surface area (Å²) in [6.07, 6.45) is 0.548. The second-order valence-electron chi connectivity index (χ2n) is 6.71. The molecule has 0 unspecified atom stereocenters. The van der Waals surface area contributed by atoms with Gasteiger partial charge in [0.2, 0.25) is 5.91 Å². The fourth-order valence-electron chi connectivity index (χ4n) is 3.52. The fraction of sp³-hybridized carbons (Fsp3) is 0.588. The first-order valence-corrected chi connectivity index (χ1v) is 9.56. The number of carbonyl (C=O) groups is 2. The van der Waals surface area contributed by atoms with E-state index in [0.29, 0.717) is 11.5 Å². The molecule has 3 aliphatic heterocycles. The molecule has 2 saturated heterocycles. The van der Waals surface area contributed by atoms with Crippen molar-refractivity contribution in [2.45, 2.75) is 50.9 Å². The fourth-order valence-corrected chi connectivity index (χ4v) is 5.21. The van der Waals surface area contributed by atoms with Gasteiger partial charge in [0.25, 0.3) is 0 Å². The Balaban J connectivity index is 1.57. The van der Waals surface area contributed by atoms with Gasteiger partial charge in [0.1, 0.15) is 11.1 Å². The maximum absolute atomic E-state index is 12.8. The second kappa shape index (κ2) is 6.84. The highest BCUT2D eigenvalue weighted by molar-refractivity contribution is 8.04. The Kier molecular flexibility index (Phi) is 4.65. The minimum Gasteiger partial charge on any atom is -0.453 e. The number of fused-ring (bicyclic) bond motifs is 1. The Morgan fingerprint density at radius 3 is 2.78 bits per heavy atom. The van der Waals surface area contributed by atoms with Crippen molar-refractivity contribution in [3.63, 3.8) is 0 Å². The van der Waals surface area contributed by atoms with Crippen LogP contribution in [0.3, 0.4) is 0 Å². The third kappa shape index (κ3) is 3.01. The van der Waals surface area contributed by atoms with E-state index in [1.807, 2.05) is 0 Å². The van der Waals surface area contributed by atoms with Gasteiger partial charge in [-0.2, -0.15) is 0 Å². The number of rotatable bonds is 5. The highest BCUT2D eigenvalue weighted by atomic mass is 32.2. The average molecular weight is 397 g/mol. The number of nitrogens with zero attached hydrogens (tertiary/aromatic N) is 1. The van der Waals surface area contributed by atoms with E-state index in [0.717, 1.165) is 12.8 Å². The third-order valence-electron chi connectivity index (χ3n) is 4.91. The van der Waals surface area contributed by atoms with Crippen LogP contribution in [0, 0.1) is 12.8 Å². The van der Waals surface area contributed by atoms with Crippen molar-refractivity contribution < 1.29 is 33.0 Å². The number of amides is 1. The Bertz CT molecular complexity index is 863. The summed E-state index contributed by atoms with van der Waals surface area (Å²) in [5.74, 6) is -2.09. The Morgan fingerprint density at radius 1 is 1.41 bits per heavy atom. The van der Waals surface area contributed by atoms with Gasteiger partial charge in [-0.3, -0.25) is 9.69 Å². The summed E-state index contributed by atoms with van der Waals surface area (Å²) >= 11 is 1.37. The lowest BCUT2D eigenvalue weighted by Gasteiger charge is -2.43. The standard InChI is InChI=1S/C17H19NO8S/c1-7(19)11-14(20)18-12(13(27-15(11)18)9-4-3-5-23-9)16(21)24-6-10-8(2)25-17(22)26-10/h7,9,11,15,19H,3-6H2,1-2H3/t7-,9+,11+,15-/m0/s1. The monoisotopic (exact) mass is 397 g/mol. The van der Waals surface area contributed by atoms with Crippen molar-refractivity contribution in [2.24, 2.45) is 5.92 Å². The number of aliphatic hydroxyl groups excluding tert-OH is 1. The van der Waals surface area contributed by atoms with E-state index in [9.17, 15) is 19.5 Å². The summed E-state index contributed by atoms with van der Waals surface area (Å²) in [5, 5.41) is 9.53. The lowest BCUT2D eigenvalue weighted by Crippen LogP contribution is -2.60. The van der Waals surface area contributed by atoms with Gasteiger partial charge in [-0.25, -0.2) is 9.59 Å². The van der Waals surface area contributed by atoms with Crippen LogP contribution in [0.5, 0.6) is 0 Å². The molecule has 9 nitrogen and oxygen atoms in total. The normalized spacial score (nSPS) is 28.3. The summed E-state index contributed by atoms with van der Waals surface area (Å²) in [7, 11) is 0. The lowest BCUT2D eigenvalue weighted by atomic mass is 9.92. The highest BCUT2D eigenvalue weighted by Gasteiger charge is 2.58. The number of hydrogen-bond donors (Lipinski definition) is 1. The molecule has 4 rings (SSSR count). The van der Waals surface area contributed by atoms with Crippen LogP contribution in [0.1, 0.15) is 31.3 Å². The van der Waals surface area contributed by atoms with Gasteiger partial charge in [-0.15, -0.1) is 0 Å². The minimum absolute atomic E-state index is 0.117. The molecule has 1 aromatic rings. The van der Waals surface area contributed by atoms with E-state index in [1.165, 1.54) is 23.6 Å². The SMILES string of the molecule is Cc1oc(=O)oc1COC(=O)C1=C([C@H]2CCCO2)S[C@H]2[C@H]([C@H](C)O)C(=O)N12. The van der Waals surface area contributed by atoms with Crippen LogP contribution in [-0.2, 0) is 25.7 Å². The zero-order valence-electron chi connectivity index (χ0n) is 14.8. The lowest BCUT2D eigenvalue weighted by molar-refractivity contribution is -0.158. The molecule has 27 heavy (non-hydrogen) atoms. The maximum Gasteiger partial charge on any atom is 0.519 e. The summed E-state index contributed by atoms with van der Waals surface area (Å²) in [6, 6.07) is 0. The Morgan fingerprint density at radius 2 is 2.19 bits per heavy atom. The number of ether oxygens (including phenoxy) is 2. The third-order valence-corrected chi connectivity index (χ3v) is 6.37. The molecule has 4 heterocycles. The van der Waals surface area contributed by atoms with E-state index in [1.54, 1.807) is 6.92 Å². The van der Waals surface area contributed by atoms with Gasteiger partial charge < -0.3 is 23.4 Å². The van der Waals surface area contributed by atoms with Crippen LogP contribution >= 0.6 is 11.8 Å². The Labute approximate surface area is 158 Å². The summed E-state index contributed by atoms with van der Waals surface area (Å²) in [6.45, 7) is 3.40. The number of carbonyl (C=O) groups excluding carboxylic acids is 2. The van der Waals surface area contributed by atoms with E-state index in [-0.39, 0.29) is 41.2 Å². The number of aliphatic hydroxyl groups is 1. The molecule has 0 aliphatic carbocycles. The van der Waals surface area contributed by atoms with Crippen LogP contribution in [0.25, 0.3) is 0 Å². The number of esters is 1. The van der Waals surface area contributed by atoms with E-state index in [2.05, 4.69) is 0 Å². The Hall–Kier alpha value is -2.04. The summed E-state index contributed by atoms with van der Waals surface area (Å²) < 4.78 is 20.5. The quantitative estimate of drug-likeness (QED) is 0.570. The molecule has 0 saturated carbocycles. The first-order chi connectivity index (χ1) is 12.9. The van der Waals surface area contributed by atoms with Crippen molar-refractivity contribution in [1.29, 1.82) is 0 Å². The van der Waals surface area contributed by atoms with Crippen LogP contribution in [0.2, 0.25) is 0 Å². The van der Waals surface area contributed by atoms with Gasteiger partial charge in [-0.05, 0) is 26.7 Å². The highest BCUT2D eigenvalue weighted by Crippen LogP contribution is 2.52. The molecule has 10 heteroatoms. The molecule has 0 radical (unpaired) electrons. The van der Waals surface area contributed by atoms with Crippen molar-refractivity contribution in [2.75, 3.05) is 6.61 Å². The molecule has 146 valence electrons. The molecule has 1 N–H and O–H groups in total. The number of β-lactam (4-membered cyclic amide) rings is 1. The second-order valence-corrected chi connectivity index (χ2v) is 7.87. The van der Waals surface area contributed by atoms with Gasteiger partial charge in [0, 0.05) is 11.5 Å². The molecule has 0 spiro atoms. The van der Waals surface area contributed by atoms with Crippen LogP contribution in [0.4, 0.5) is 0 Å². The molecule has 2 fully saturated rings. The van der Waals surface area contributed by atoms with Gasteiger partial charge in [-0.1, -0.05) is 11.8 Å². The predicted molar refractivity (Wildman–Crippen MR) is 91.2 cm³/mol. The maximum atomic E-state index is 12.8. The molecule has 3 aliphatic rings. The number of thioether (sulfide) groups is 1. The van der Waals surface area contributed by atoms with Gasteiger partial charge in [0.05, 0.1) is 18.1 Å². The minimum atomic E-state index is -0.869. The smallest absolute Gasteiger partial charge is 0.453 e. The van der Waals surface area contributed by atoms with Gasteiger partial charge in [0.15, 0.2) is 18.1 Å². The average Bonchev–Trinajstić information content (AvgIpc) is 3.29. The summed E-state index contributed by atoms with van der Waals surface area (Å²) in [4.78, 5) is 38.4. The van der Waals surface area contributed by atoms with Crippen LogP contribution in [0.15, 0.2) is 24.2 Å². The first kappa shape index (κ1) is 18.3. The van der Waals surface area contributed by atoms with E-state index in [4.69, 9.17) is 18.3 Å². The molecular formula is C17H19NO8S. The summed E-state index contributed by atoms with van der Waals surface area (Å²) in [5.41, 5.74) is 0.155. The van der Waals surface area contributed by atoms with Gasteiger partial charge >= 0.3 is 11.8 Å². The number of hydrogen-bond acceptors (Lipinski definition) is 9. The molecular weight excluding hydrogens is 378 g/mol. The van der Waals surface area contributed by atoms with Crippen LogP contribution in [-0.4, -0.2) is 46.1 Å². The predicted octanol–water partition coefficient (Wildman–Crippen LogP) is 0.887. The van der Waals surface area contributed by atoms with Crippen molar-refractivity contribution in [3.8, 4) is 0 Å². The van der Waals surface area contributed by atoms with E-state index < -0.39 is 23.8 Å². The van der Waals surface area contributed by atoms with Crippen LogP contribution < -0.4 is 5.82 Å². The topological polar surface area (TPSA) is 119 Å². The van der Waals surface area contributed by atoms with E-state index >= 15 is 0 Å². The molecule has 0 aromatic carbocycles. The van der Waals surface area contributed by atoms with Crippen molar-refractivity contribution >= 4 is 23.6 Å². The number of aryl methyl sites for hydroxylation is 1. The zero-order valence-corrected chi connectivity index (χ0v) is 15.6. The molecule has 1 aromatic heterocycles.